The first-order chi connectivity index (χ1) is 8.67. The second kappa shape index (κ2) is 7.60. The van der Waals surface area contributed by atoms with Gasteiger partial charge in [-0.1, -0.05) is 42.1 Å². The minimum absolute atomic E-state index is 0.0259. The van der Waals surface area contributed by atoms with Gasteiger partial charge in [0.15, 0.2) is 5.17 Å². The van der Waals surface area contributed by atoms with E-state index in [1.54, 1.807) is 4.90 Å². The first kappa shape index (κ1) is 14.4. The smallest absolute Gasteiger partial charge is 0.233 e. The zero-order valence-corrected chi connectivity index (χ0v) is 11.2. The van der Waals surface area contributed by atoms with Crippen LogP contribution in [0.25, 0.3) is 0 Å². The molecule has 1 amide bonds. The zero-order chi connectivity index (χ0) is 13.4. The topological polar surface area (TPSA) is 84.7 Å². The van der Waals surface area contributed by atoms with E-state index >= 15 is 0 Å². The average Bonchev–Trinajstić information content (AvgIpc) is 2.42. The van der Waals surface area contributed by atoms with E-state index in [0.717, 1.165) is 17.3 Å². The van der Waals surface area contributed by atoms with Gasteiger partial charge in [-0.3, -0.25) is 4.79 Å². The van der Waals surface area contributed by atoms with Crippen molar-refractivity contribution in [1.29, 1.82) is 0 Å². The molecule has 1 rings (SSSR count). The number of thioether (sulfide) groups is 1. The van der Waals surface area contributed by atoms with Crippen LogP contribution in [0.3, 0.4) is 0 Å². The average molecular weight is 266 g/mol. The summed E-state index contributed by atoms with van der Waals surface area (Å²) in [5.41, 5.74) is 6.54. The van der Waals surface area contributed by atoms with Crippen LogP contribution in [-0.4, -0.2) is 28.3 Å². The van der Waals surface area contributed by atoms with Crippen LogP contribution in [0, 0.1) is 0 Å². The van der Waals surface area contributed by atoms with Gasteiger partial charge >= 0.3 is 0 Å². The van der Waals surface area contributed by atoms with Crippen LogP contribution in [0.5, 0.6) is 0 Å². The highest BCUT2D eigenvalue weighted by Crippen LogP contribution is 2.07. The van der Waals surface area contributed by atoms with Crippen molar-refractivity contribution in [2.75, 3.05) is 12.3 Å². The van der Waals surface area contributed by atoms with Gasteiger partial charge in [0.1, 0.15) is 0 Å². The normalized spacial score (nSPS) is 11.3. The Morgan fingerprint density at radius 3 is 2.61 bits per heavy atom. The molecule has 0 bridgehead atoms. The molecular formula is C12H18N4OS. The number of carbonyl (C=O) groups excluding carboxylic acids is 1. The van der Waals surface area contributed by atoms with Gasteiger partial charge in [-0.05, 0) is 12.5 Å². The lowest BCUT2D eigenvalue weighted by atomic mass is 10.2. The van der Waals surface area contributed by atoms with Crippen molar-refractivity contribution in [1.82, 2.24) is 4.90 Å². The number of amidine groups is 1. The van der Waals surface area contributed by atoms with E-state index in [9.17, 15) is 4.79 Å². The number of hydrazone groups is 1. The molecule has 0 aromatic heterocycles. The van der Waals surface area contributed by atoms with E-state index in [-0.39, 0.29) is 16.8 Å². The van der Waals surface area contributed by atoms with Crippen LogP contribution < -0.4 is 11.6 Å². The van der Waals surface area contributed by atoms with E-state index in [1.807, 2.05) is 37.3 Å². The van der Waals surface area contributed by atoms with Gasteiger partial charge in [0, 0.05) is 13.1 Å². The Kier molecular flexibility index (Phi) is 6.07. The number of benzene rings is 1. The van der Waals surface area contributed by atoms with Crippen LogP contribution in [-0.2, 0) is 11.3 Å². The minimum atomic E-state index is 0.0259. The highest BCUT2D eigenvalue weighted by molar-refractivity contribution is 8.14. The molecule has 0 spiro atoms. The summed E-state index contributed by atoms with van der Waals surface area (Å²) < 4.78 is 0. The summed E-state index contributed by atoms with van der Waals surface area (Å²) in [7, 11) is 0. The van der Waals surface area contributed by atoms with Gasteiger partial charge in [0.05, 0.1) is 5.75 Å². The summed E-state index contributed by atoms with van der Waals surface area (Å²) in [6, 6.07) is 9.87. The molecule has 0 radical (unpaired) electrons. The Morgan fingerprint density at radius 2 is 2.06 bits per heavy atom. The van der Waals surface area contributed by atoms with Crippen molar-refractivity contribution in [3.05, 3.63) is 35.9 Å². The van der Waals surface area contributed by atoms with E-state index in [2.05, 4.69) is 5.10 Å². The maximum Gasteiger partial charge on any atom is 0.233 e. The number of hydrogen-bond donors (Lipinski definition) is 2. The number of nitrogens with zero attached hydrogens (tertiary/aromatic N) is 2. The standard InChI is InChI=1S/C12H18N4OS/c1-2-16(8-10-6-4-3-5-7-10)11(17)9-18-12(13)15-14/h3-7H,2,8-9,14H2,1H3,(H2,13,15). The van der Waals surface area contributed by atoms with Gasteiger partial charge in [0.2, 0.25) is 5.91 Å². The van der Waals surface area contributed by atoms with Crippen LogP contribution in [0.15, 0.2) is 35.4 Å². The molecule has 0 unspecified atom stereocenters. The van der Waals surface area contributed by atoms with Crippen molar-refractivity contribution in [3.63, 3.8) is 0 Å². The first-order valence-corrected chi connectivity index (χ1v) is 6.63. The Balaban J connectivity index is 2.53. The van der Waals surface area contributed by atoms with Gasteiger partial charge < -0.3 is 16.5 Å². The first-order valence-electron chi connectivity index (χ1n) is 5.65. The van der Waals surface area contributed by atoms with Crippen LogP contribution in [0.4, 0.5) is 0 Å². The third-order valence-electron chi connectivity index (χ3n) is 2.42. The minimum Gasteiger partial charge on any atom is -0.377 e. The molecule has 1 aromatic rings. The summed E-state index contributed by atoms with van der Waals surface area (Å²) in [4.78, 5) is 13.7. The number of nitrogens with two attached hydrogens (primary N) is 2. The summed E-state index contributed by atoms with van der Waals surface area (Å²) in [5, 5.41) is 3.54. The van der Waals surface area contributed by atoms with Crippen molar-refractivity contribution in [3.8, 4) is 0 Å². The molecule has 4 N–H and O–H groups in total. The van der Waals surface area contributed by atoms with Crippen molar-refractivity contribution < 1.29 is 4.79 Å². The molecule has 5 nitrogen and oxygen atoms in total. The SMILES string of the molecule is CCN(Cc1ccccc1)C(=O)CSC(N)=NN. The lowest BCUT2D eigenvalue weighted by molar-refractivity contribution is -0.128. The second-order valence-electron chi connectivity index (χ2n) is 3.65. The summed E-state index contributed by atoms with van der Waals surface area (Å²) >= 11 is 1.15. The highest BCUT2D eigenvalue weighted by Gasteiger charge is 2.12. The highest BCUT2D eigenvalue weighted by atomic mass is 32.2. The number of carbonyl (C=O) groups is 1. The van der Waals surface area contributed by atoms with Gasteiger partial charge in [-0.25, -0.2) is 0 Å². The fourth-order valence-corrected chi connectivity index (χ4v) is 1.97. The monoisotopic (exact) mass is 266 g/mol. The molecule has 0 aliphatic heterocycles. The molecule has 0 aliphatic carbocycles. The van der Waals surface area contributed by atoms with Crippen molar-refractivity contribution >= 4 is 22.8 Å². The van der Waals surface area contributed by atoms with Crippen molar-refractivity contribution in [2.45, 2.75) is 13.5 Å². The third kappa shape index (κ3) is 4.67. The molecule has 6 heteroatoms. The summed E-state index contributed by atoms with van der Waals surface area (Å²) in [6.45, 7) is 3.22. The molecule has 0 saturated carbocycles. The van der Waals surface area contributed by atoms with Crippen LogP contribution >= 0.6 is 11.8 Å². The largest absolute Gasteiger partial charge is 0.377 e. The van der Waals surface area contributed by atoms with Gasteiger partial charge in [-0.2, -0.15) is 5.10 Å². The van der Waals surface area contributed by atoms with Gasteiger partial charge in [-0.15, -0.1) is 0 Å². The molecule has 1 aromatic carbocycles. The molecule has 0 atom stereocenters. The Labute approximate surface area is 111 Å². The third-order valence-corrected chi connectivity index (χ3v) is 3.21. The van der Waals surface area contributed by atoms with E-state index in [1.165, 1.54) is 0 Å². The number of amides is 1. The quantitative estimate of drug-likeness (QED) is 0.360. The fourth-order valence-electron chi connectivity index (χ4n) is 1.44. The predicted molar refractivity (Wildman–Crippen MR) is 75.8 cm³/mol. The fraction of sp³-hybridized carbons (Fsp3) is 0.333. The lowest BCUT2D eigenvalue weighted by Gasteiger charge is -2.20. The van der Waals surface area contributed by atoms with Crippen molar-refractivity contribution in [2.24, 2.45) is 16.7 Å². The molecule has 18 heavy (non-hydrogen) atoms. The van der Waals surface area contributed by atoms with E-state index < -0.39 is 0 Å². The lowest BCUT2D eigenvalue weighted by Crippen LogP contribution is -2.32. The second-order valence-corrected chi connectivity index (χ2v) is 4.65. The Morgan fingerprint density at radius 1 is 1.39 bits per heavy atom. The van der Waals surface area contributed by atoms with Crippen LogP contribution in [0.2, 0.25) is 0 Å². The Hall–Kier alpha value is -1.69. The number of hydrogen-bond acceptors (Lipinski definition) is 4. The summed E-state index contributed by atoms with van der Waals surface area (Å²) in [5.74, 6) is 5.29. The molecule has 0 fully saturated rings. The number of rotatable bonds is 5. The zero-order valence-electron chi connectivity index (χ0n) is 10.4. The predicted octanol–water partition coefficient (Wildman–Crippen LogP) is 0.957. The van der Waals surface area contributed by atoms with Gasteiger partial charge in [0.25, 0.3) is 0 Å². The maximum absolute atomic E-state index is 12.0. The van der Waals surface area contributed by atoms with E-state index in [0.29, 0.717) is 13.1 Å². The molecule has 0 saturated heterocycles. The molecule has 0 aliphatic rings. The molecule has 0 heterocycles. The molecular weight excluding hydrogens is 248 g/mol. The summed E-state index contributed by atoms with van der Waals surface area (Å²) in [6.07, 6.45) is 0. The Bertz CT molecular complexity index is 408. The maximum atomic E-state index is 12.0. The van der Waals surface area contributed by atoms with E-state index in [4.69, 9.17) is 11.6 Å². The van der Waals surface area contributed by atoms with Crippen LogP contribution in [0.1, 0.15) is 12.5 Å². The molecule has 98 valence electrons.